The van der Waals surface area contributed by atoms with Gasteiger partial charge < -0.3 is 9.47 Å². The highest BCUT2D eigenvalue weighted by Crippen LogP contribution is 2.12. The van der Waals surface area contributed by atoms with E-state index in [4.69, 9.17) is 9.47 Å². The van der Waals surface area contributed by atoms with Gasteiger partial charge in [-0.2, -0.15) is 0 Å². The fourth-order valence-electron chi connectivity index (χ4n) is 2.35. The van der Waals surface area contributed by atoms with Gasteiger partial charge in [0, 0.05) is 0 Å². The van der Waals surface area contributed by atoms with Crippen molar-refractivity contribution >= 4 is 0 Å². The maximum Gasteiger partial charge on any atom is 0.122 e. The summed E-state index contributed by atoms with van der Waals surface area (Å²) in [4.78, 5) is 0. The highest BCUT2D eigenvalue weighted by atomic mass is 16.5. The predicted octanol–water partition coefficient (Wildman–Crippen LogP) is 6.13. The van der Waals surface area contributed by atoms with Crippen LogP contribution in [0.1, 0.15) is 65.2 Å². The number of hydrogen-bond acceptors (Lipinski definition) is 2. The van der Waals surface area contributed by atoms with Gasteiger partial charge in [0.1, 0.15) is 19.0 Å². The van der Waals surface area contributed by atoms with Gasteiger partial charge in [-0.05, 0) is 37.5 Å². The average molecular weight is 304 g/mol. The molecule has 0 spiro atoms. The first-order valence-corrected chi connectivity index (χ1v) is 8.78. The number of rotatable bonds is 13. The van der Waals surface area contributed by atoms with E-state index < -0.39 is 0 Å². The van der Waals surface area contributed by atoms with Crippen LogP contribution in [0.15, 0.2) is 42.2 Å². The molecule has 0 aliphatic heterocycles. The highest BCUT2D eigenvalue weighted by molar-refractivity contribution is 5.20. The first kappa shape index (κ1) is 18.6. The van der Waals surface area contributed by atoms with Crippen molar-refractivity contribution in [2.24, 2.45) is 0 Å². The zero-order chi connectivity index (χ0) is 15.9. The van der Waals surface area contributed by atoms with Crippen molar-refractivity contribution in [3.05, 3.63) is 42.2 Å². The Balaban J connectivity index is 1.94. The molecule has 22 heavy (non-hydrogen) atoms. The number of unbranched alkanes of at least 4 members (excludes halogenated alkanes) is 6. The summed E-state index contributed by atoms with van der Waals surface area (Å²) in [6.07, 6.45) is 12.5. The van der Waals surface area contributed by atoms with Crippen LogP contribution in [0, 0.1) is 0 Å². The standard InChI is InChI=1S/C20H32O2/c1-3-4-5-6-7-8-10-13-19(2)18-21-16-17-22-20-14-11-9-12-15-20/h9,11-12,14-15,18H,3-8,10,13,16-17H2,1-2H3. The maximum atomic E-state index is 5.58. The van der Waals surface area contributed by atoms with Crippen molar-refractivity contribution in [3.8, 4) is 5.75 Å². The molecule has 0 bridgehead atoms. The molecule has 0 heterocycles. The molecule has 1 aromatic rings. The molecule has 0 unspecified atom stereocenters. The van der Waals surface area contributed by atoms with Gasteiger partial charge in [0.05, 0.1) is 6.26 Å². The Morgan fingerprint density at radius 2 is 1.59 bits per heavy atom. The number of ether oxygens (including phenoxy) is 2. The molecule has 2 heteroatoms. The molecular formula is C20H32O2. The van der Waals surface area contributed by atoms with E-state index in [1.807, 2.05) is 36.6 Å². The summed E-state index contributed by atoms with van der Waals surface area (Å²) >= 11 is 0. The normalized spacial score (nSPS) is 11.5. The van der Waals surface area contributed by atoms with Crippen molar-refractivity contribution in [2.75, 3.05) is 13.2 Å². The van der Waals surface area contributed by atoms with E-state index in [1.165, 1.54) is 50.5 Å². The fourth-order valence-corrected chi connectivity index (χ4v) is 2.35. The molecule has 0 N–H and O–H groups in total. The molecule has 0 aliphatic rings. The second-order valence-electron chi connectivity index (χ2n) is 5.87. The molecule has 1 rings (SSSR count). The van der Waals surface area contributed by atoms with Gasteiger partial charge in [-0.3, -0.25) is 0 Å². The van der Waals surface area contributed by atoms with Crippen LogP contribution >= 0.6 is 0 Å². The summed E-state index contributed by atoms with van der Waals surface area (Å²) in [6.45, 7) is 5.60. The lowest BCUT2D eigenvalue weighted by atomic mass is 10.1. The minimum Gasteiger partial charge on any atom is -0.498 e. The van der Waals surface area contributed by atoms with Crippen LogP contribution in [0.3, 0.4) is 0 Å². The van der Waals surface area contributed by atoms with Gasteiger partial charge in [-0.25, -0.2) is 0 Å². The third-order valence-electron chi connectivity index (χ3n) is 3.67. The molecule has 124 valence electrons. The molecule has 0 saturated heterocycles. The van der Waals surface area contributed by atoms with E-state index in [2.05, 4.69) is 13.8 Å². The van der Waals surface area contributed by atoms with E-state index in [0.29, 0.717) is 13.2 Å². The first-order valence-electron chi connectivity index (χ1n) is 8.78. The smallest absolute Gasteiger partial charge is 0.122 e. The Morgan fingerprint density at radius 1 is 0.909 bits per heavy atom. The fraction of sp³-hybridized carbons (Fsp3) is 0.600. The van der Waals surface area contributed by atoms with Gasteiger partial charge >= 0.3 is 0 Å². The van der Waals surface area contributed by atoms with Gasteiger partial charge in [-0.1, -0.05) is 63.6 Å². The van der Waals surface area contributed by atoms with Crippen molar-refractivity contribution in [1.82, 2.24) is 0 Å². The second kappa shape index (κ2) is 13.2. The molecule has 2 nitrogen and oxygen atoms in total. The van der Waals surface area contributed by atoms with Crippen molar-refractivity contribution < 1.29 is 9.47 Å². The third-order valence-corrected chi connectivity index (χ3v) is 3.67. The molecule has 0 amide bonds. The zero-order valence-corrected chi connectivity index (χ0v) is 14.4. The summed E-state index contributed by atoms with van der Waals surface area (Å²) in [5.74, 6) is 0.898. The molecule has 0 radical (unpaired) electrons. The van der Waals surface area contributed by atoms with Gasteiger partial charge in [0.2, 0.25) is 0 Å². The Kier molecular flexibility index (Phi) is 11.2. The predicted molar refractivity (Wildman–Crippen MR) is 94.3 cm³/mol. The molecule has 0 aliphatic carbocycles. The highest BCUT2D eigenvalue weighted by Gasteiger charge is 1.94. The van der Waals surface area contributed by atoms with E-state index in [0.717, 1.165) is 12.2 Å². The quantitative estimate of drug-likeness (QED) is 0.322. The summed E-state index contributed by atoms with van der Waals surface area (Å²) < 4.78 is 11.1. The van der Waals surface area contributed by atoms with Crippen molar-refractivity contribution in [1.29, 1.82) is 0 Å². The lowest BCUT2D eigenvalue weighted by molar-refractivity contribution is 0.177. The van der Waals surface area contributed by atoms with Crippen molar-refractivity contribution in [3.63, 3.8) is 0 Å². The largest absolute Gasteiger partial charge is 0.498 e. The van der Waals surface area contributed by atoms with Crippen LogP contribution < -0.4 is 4.74 Å². The van der Waals surface area contributed by atoms with E-state index >= 15 is 0 Å². The summed E-state index contributed by atoms with van der Waals surface area (Å²) in [5.41, 5.74) is 1.33. The van der Waals surface area contributed by atoms with Crippen LogP contribution in [0.4, 0.5) is 0 Å². The van der Waals surface area contributed by atoms with E-state index in [1.54, 1.807) is 0 Å². The topological polar surface area (TPSA) is 18.5 Å². The third kappa shape index (κ3) is 10.3. The molecule has 1 aromatic carbocycles. The van der Waals surface area contributed by atoms with E-state index in [9.17, 15) is 0 Å². The van der Waals surface area contributed by atoms with Crippen LogP contribution in [0.5, 0.6) is 5.75 Å². The average Bonchev–Trinajstić information content (AvgIpc) is 2.54. The Morgan fingerprint density at radius 3 is 2.32 bits per heavy atom. The summed E-state index contributed by atoms with van der Waals surface area (Å²) in [6, 6.07) is 9.85. The Labute approximate surface area is 136 Å². The molecule has 0 fully saturated rings. The first-order chi connectivity index (χ1) is 10.8. The maximum absolute atomic E-state index is 5.58. The minimum absolute atomic E-state index is 0.589. The van der Waals surface area contributed by atoms with Crippen molar-refractivity contribution in [2.45, 2.75) is 65.2 Å². The molecule has 0 saturated carbocycles. The van der Waals surface area contributed by atoms with Gasteiger partial charge in [-0.15, -0.1) is 0 Å². The summed E-state index contributed by atoms with van der Waals surface area (Å²) in [5, 5.41) is 0. The number of para-hydroxylation sites is 1. The minimum atomic E-state index is 0.589. The SMILES string of the molecule is CCCCCCCCCC(C)=COCCOc1ccccc1. The zero-order valence-electron chi connectivity index (χ0n) is 14.4. The Bertz CT molecular complexity index is 384. The monoisotopic (exact) mass is 304 g/mol. The van der Waals surface area contributed by atoms with Crippen LogP contribution in [-0.2, 0) is 4.74 Å². The lowest BCUT2D eigenvalue weighted by Gasteiger charge is -2.07. The van der Waals surface area contributed by atoms with Crippen LogP contribution in [-0.4, -0.2) is 13.2 Å². The molecular weight excluding hydrogens is 272 g/mol. The Hall–Kier alpha value is -1.44. The lowest BCUT2D eigenvalue weighted by Crippen LogP contribution is -2.04. The second-order valence-corrected chi connectivity index (χ2v) is 5.87. The molecule has 0 atom stereocenters. The van der Waals surface area contributed by atoms with Gasteiger partial charge in [0.25, 0.3) is 0 Å². The number of benzene rings is 1. The van der Waals surface area contributed by atoms with Gasteiger partial charge in [0.15, 0.2) is 0 Å². The van der Waals surface area contributed by atoms with Crippen LogP contribution in [0.25, 0.3) is 0 Å². The number of hydrogen-bond donors (Lipinski definition) is 0. The summed E-state index contributed by atoms with van der Waals surface area (Å²) in [7, 11) is 0. The van der Waals surface area contributed by atoms with Crippen LogP contribution in [0.2, 0.25) is 0 Å². The molecule has 0 aromatic heterocycles. The van der Waals surface area contributed by atoms with E-state index in [-0.39, 0.29) is 0 Å². The number of allylic oxidation sites excluding steroid dienone is 1.